The van der Waals surface area contributed by atoms with Gasteiger partial charge in [0.1, 0.15) is 0 Å². The van der Waals surface area contributed by atoms with Gasteiger partial charge >= 0.3 is 57.3 Å². The van der Waals surface area contributed by atoms with Gasteiger partial charge in [0.25, 0.3) is 0 Å². The fraction of sp³-hybridized carbons (Fsp3) is 0.545. The predicted molar refractivity (Wildman–Crippen MR) is 84.4 cm³/mol. The van der Waals surface area contributed by atoms with Crippen LogP contribution in [-0.2, 0) is 11.1 Å². The van der Waals surface area contributed by atoms with Crippen LogP contribution in [0.15, 0.2) is 22.3 Å². The Morgan fingerprint density at radius 2 is 1.38 bits per heavy atom. The van der Waals surface area contributed by atoms with Crippen molar-refractivity contribution in [2.45, 2.75) is 34.6 Å². The van der Waals surface area contributed by atoms with E-state index in [1.165, 1.54) is 11.1 Å². The van der Waals surface area contributed by atoms with E-state index in [-0.39, 0.29) is 6.32 Å². The fourth-order valence-electron chi connectivity index (χ4n) is 1.75. The van der Waals surface area contributed by atoms with Gasteiger partial charge < -0.3 is 4.79 Å². The summed E-state index contributed by atoms with van der Waals surface area (Å²) < 4.78 is 0. The minimum absolute atomic E-state index is 0.192. The topological polar surface area (TPSA) is 17.1 Å². The SMILES string of the molecule is CC1=C(C)C(C)([C-]=O)C(C)=C1C.[Cl][Co]([I])[I]. The van der Waals surface area contributed by atoms with Gasteiger partial charge in [-0.3, -0.25) is 0 Å². The van der Waals surface area contributed by atoms with E-state index in [4.69, 9.17) is 10.1 Å². The molecule has 0 N–H and O–H groups in total. The first-order valence-corrected chi connectivity index (χ1v) is 12.7. The molecule has 0 saturated carbocycles. The Kier molecular flexibility index (Phi) is 7.73. The molecule has 0 aliphatic heterocycles. The third-order valence-corrected chi connectivity index (χ3v) is 3.39. The third kappa shape index (κ3) is 3.96. The molecule has 96 valence electrons. The molecular formula is C11H15ClCoI2O-. The number of rotatable bonds is 1. The van der Waals surface area contributed by atoms with Crippen LogP contribution in [0, 0.1) is 5.41 Å². The Morgan fingerprint density at radius 3 is 1.50 bits per heavy atom. The molecule has 0 heterocycles. The molecular weight excluding hydrogens is 496 g/mol. The van der Waals surface area contributed by atoms with Gasteiger partial charge in [0, 0.05) is 0 Å². The van der Waals surface area contributed by atoms with E-state index in [2.05, 4.69) is 61.0 Å². The number of carbonyl (C=O) groups excluding carboxylic acids is 1. The minimum atomic E-state index is -0.450. The van der Waals surface area contributed by atoms with Gasteiger partial charge in [0.2, 0.25) is 0 Å². The Morgan fingerprint density at radius 1 is 1.12 bits per heavy atom. The number of halogens is 3. The molecule has 0 aromatic heterocycles. The summed E-state index contributed by atoms with van der Waals surface area (Å²) >= 11 is 4.32. The van der Waals surface area contributed by atoms with E-state index >= 15 is 0 Å². The molecule has 0 spiro atoms. The average Bonchev–Trinajstić information content (AvgIpc) is 2.34. The molecule has 5 heteroatoms. The molecule has 0 atom stereocenters. The first-order valence-electron chi connectivity index (χ1n) is 4.58. The summed E-state index contributed by atoms with van der Waals surface area (Å²) in [5.74, 6) is 0. The Balaban J connectivity index is 0.000000487. The molecule has 1 aliphatic rings. The van der Waals surface area contributed by atoms with Crippen molar-refractivity contribution in [3.63, 3.8) is 0 Å². The first kappa shape index (κ1) is 17.4. The summed E-state index contributed by atoms with van der Waals surface area (Å²) in [4.78, 5) is 10.8. The molecule has 1 nitrogen and oxygen atoms in total. The maximum absolute atomic E-state index is 10.8. The van der Waals surface area contributed by atoms with Crippen LogP contribution in [0.1, 0.15) is 34.6 Å². The molecule has 1 rings (SSSR count). The van der Waals surface area contributed by atoms with Crippen molar-refractivity contribution in [1.29, 1.82) is 0 Å². The summed E-state index contributed by atoms with van der Waals surface area (Å²) in [5.41, 5.74) is 4.34. The molecule has 16 heavy (non-hydrogen) atoms. The van der Waals surface area contributed by atoms with Crippen LogP contribution in [0.25, 0.3) is 0 Å². The van der Waals surface area contributed by atoms with Crippen molar-refractivity contribution >= 4 is 57.3 Å². The molecule has 0 aromatic rings. The van der Waals surface area contributed by atoms with Crippen LogP contribution < -0.4 is 0 Å². The number of hydrogen-bond donors (Lipinski definition) is 0. The van der Waals surface area contributed by atoms with Crippen molar-refractivity contribution in [3.8, 4) is 0 Å². The zero-order chi connectivity index (χ0) is 13.1. The number of allylic oxidation sites excluding steroid dienone is 4. The summed E-state index contributed by atoms with van der Waals surface area (Å²) in [5, 5.41) is 0. The summed E-state index contributed by atoms with van der Waals surface area (Å²) in [6.07, 6.45) is 1.94. The van der Waals surface area contributed by atoms with Gasteiger partial charge in [-0.25, -0.2) is 6.29 Å². The van der Waals surface area contributed by atoms with Crippen LogP contribution in [-0.4, -0.2) is 6.29 Å². The van der Waals surface area contributed by atoms with E-state index in [0.29, 0.717) is 0 Å². The van der Waals surface area contributed by atoms with Crippen LogP contribution >= 0.6 is 51.0 Å². The molecule has 0 fully saturated rings. The molecule has 0 unspecified atom stereocenters. The summed E-state index contributed by atoms with van der Waals surface area (Å²) in [6.45, 7) is 10.1. The summed E-state index contributed by atoms with van der Waals surface area (Å²) in [7, 11) is 5.31. The van der Waals surface area contributed by atoms with Gasteiger partial charge in [-0.2, -0.15) is 0 Å². The predicted octanol–water partition coefficient (Wildman–Crippen LogP) is 5.25. The summed E-state index contributed by atoms with van der Waals surface area (Å²) in [6, 6.07) is 0. The second-order valence-electron chi connectivity index (χ2n) is 3.87. The zero-order valence-corrected chi connectivity index (χ0v) is 16.0. The quantitative estimate of drug-likeness (QED) is 0.348. The monoisotopic (exact) mass is 511 g/mol. The number of hydrogen-bond acceptors (Lipinski definition) is 1. The standard InChI is InChI=1S/C11H15O.ClH.Co.2HI/c1-7-8(2)10(4)11(5,6-12)9(7)3;;;;/h1-5H3;1H;;2*1H/q-1;;+3;;/p-3. The van der Waals surface area contributed by atoms with Gasteiger partial charge in [-0.05, 0) is 27.7 Å². The van der Waals surface area contributed by atoms with Gasteiger partial charge in [-0.15, -0.1) is 0 Å². The Hall–Kier alpha value is 1.41. The molecule has 0 amide bonds. The van der Waals surface area contributed by atoms with E-state index in [0.717, 1.165) is 11.1 Å². The van der Waals surface area contributed by atoms with Gasteiger partial charge in [0.05, 0.1) is 0 Å². The van der Waals surface area contributed by atoms with E-state index in [9.17, 15) is 4.79 Å². The molecule has 0 radical (unpaired) electrons. The molecule has 1 aliphatic carbocycles. The second-order valence-corrected chi connectivity index (χ2v) is 20.5. The van der Waals surface area contributed by atoms with Gasteiger partial charge in [-0.1, -0.05) is 34.6 Å². The molecule has 0 aromatic carbocycles. The van der Waals surface area contributed by atoms with Crippen LogP contribution in [0.3, 0.4) is 0 Å². The Labute approximate surface area is 129 Å². The normalized spacial score (nSPS) is 19.4. The van der Waals surface area contributed by atoms with Crippen molar-refractivity contribution < 1.29 is 11.1 Å². The Bertz CT molecular complexity index is 321. The van der Waals surface area contributed by atoms with E-state index in [1.54, 1.807) is 0 Å². The zero-order valence-electron chi connectivity index (χ0n) is 9.88. The fourth-order valence-corrected chi connectivity index (χ4v) is 1.75. The maximum atomic E-state index is 10.8. The molecule has 0 bridgehead atoms. The third-order valence-electron chi connectivity index (χ3n) is 3.39. The van der Waals surface area contributed by atoms with Crippen molar-refractivity contribution in [2.24, 2.45) is 5.41 Å². The van der Waals surface area contributed by atoms with Crippen LogP contribution in [0.2, 0.25) is 0 Å². The van der Waals surface area contributed by atoms with E-state index < -0.39 is 5.41 Å². The van der Waals surface area contributed by atoms with Crippen molar-refractivity contribution in [2.75, 3.05) is 0 Å². The second kappa shape index (κ2) is 7.11. The average molecular weight is 511 g/mol. The van der Waals surface area contributed by atoms with Crippen LogP contribution in [0.5, 0.6) is 0 Å². The van der Waals surface area contributed by atoms with Gasteiger partial charge in [0.15, 0.2) is 0 Å². The van der Waals surface area contributed by atoms with Crippen LogP contribution in [0.4, 0.5) is 0 Å². The molecule has 0 saturated heterocycles. The van der Waals surface area contributed by atoms with E-state index in [1.807, 2.05) is 20.8 Å². The van der Waals surface area contributed by atoms with Crippen molar-refractivity contribution in [1.82, 2.24) is 0 Å². The van der Waals surface area contributed by atoms with Crippen molar-refractivity contribution in [3.05, 3.63) is 22.3 Å². The first-order chi connectivity index (χ1) is 7.18.